The van der Waals surface area contributed by atoms with Gasteiger partial charge in [-0.2, -0.15) is 0 Å². The van der Waals surface area contributed by atoms with Crippen LogP contribution in [0.3, 0.4) is 0 Å². The van der Waals surface area contributed by atoms with Crippen LogP contribution < -0.4 is 10.6 Å². The standard InChI is InChI=1S/C9H14N2O2/c1-5(2)8(12)11-7-6(3)4-10-9(7)13/h5H,4H2,1-3H3,(H,10,13)(H,11,12). The first kappa shape index (κ1) is 9.77. The maximum Gasteiger partial charge on any atom is 0.268 e. The fourth-order valence-electron chi connectivity index (χ4n) is 1.01. The first-order valence-electron chi connectivity index (χ1n) is 4.31. The van der Waals surface area contributed by atoms with E-state index < -0.39 is 0 Å². The molecule has 0 radical (unpaired) electrons. The Morgan fingerprint density at radius 1 is 1.54 bits per heavy atom. The smallest absolute Gasteiger partial charge is 0.268 e. The topological polar surface area (TPSA) is 58.2 Å². The van der Waals surface area contributed by atoms with Crippen LogP contribution in [-0.2, 0) is 9.59 Å². The van der Waals surface area contributed by atoms with Crippen LogP contribution in [0.4, 0.5) is 0 Å². The van der Waals surface area contributed by atoms with Gasteiger partial charge in [0.15, 0.2) is 0 Å². The summed E-state index contributed by atoms with van der Waals surface area (Å²) in [7, 11) is 0. The van der Waals surface area contributed by atoms with Gasteiger partial charge in [0.2, 0.25) is 5.91 Å². The van der Waals surface area contributed by atoms with Crippen molar-refractivity contribution in [2.75, 3.05) is 6.54 Å². The lowest BCUT2D eigenvalue weighted by molar-refractivity contribution is -0.125. The Morgan fingerprint density at radius 3 is 2.54 bits per heavy atom. The normalized spacial score (nSPS) is 16.5. The Labute approximate surface area is 77.4 Å². The molecule has 1 heterocycles. The lowest BCUT2D eigenvalue weighted by Crippen LogP contribution is -2.32. The molecule has 0 atom stereocenters. The van der Waals surface area contributed by atoms with Crippen molar-refractivity contribution in [2.45, 2.75) is 20.8 Å². The summed E-state index contributed by atoms with van der Waals surface area (Å²) in [5.74, 6) is -0.411. The summed E-state index contributed by atoms with van der Waals surface area (Å²) in [5, 5.41) is 5.24. The van der Waals surface area contributed by atoms with Crippen molar-refractivity contribution < 1.29 is 9.59 Å². The van der Waals surface area contributed by atoms with Gasteiger partial charge in [-0.05, 0) is 12.5 Å². The molecular formula is C9H14N2O2. The molecule has 0 fully saturated rings. The molecule has 0 aliphatic carbocycles. The van der Waals surface area contributed by atoms with E-state index in [1.165, 1.54) is 0 Å². The molecule has 1 aliphatic heterocycles. The van der Waals surface area contributed by atoms with Gasteiger partial charge < -0.3 is 10.6 Å². The molecule has 4 heteroatoms. The molecule has 72 valence electrons. The average molecular weight is 182 g/mol. The van der Waals surface area contributed by atoms with Crippen LogP contribution in [0.25, 0.3) is 0 Å². The zero-order valence-corrected chi connectivity index (χ0v) is 8.10. The predicted octanol–water partition coefficient (Wildman–Crippen LogP) is 0.162. The van der Waals surface area contributed by atoms with E-state index in [2.05, 4.69) is 10.6 Å². The molecule has 0 bridgehead atoms. The van der Waals surface area contributed by atoms with Gasteiger partial charge in [-0.25, -0.2) is 0 Å². The number of rotatable bonds is 2. The van der Waals surface area contributed by atoms with Gasteiger partial charge in [0.1, 0.15) is 5.70 Å². The highest BCUT2D eigenvalue weighted by Gasteiger charge is 2.22. The van der Waals surface area contributed by atoms with Gasteiger partial charge in [-0.3, -0.25) is 9.59 Å². The van der Waals surface area contributed by atoms with Crippen molar-refractivity contribution >= 4 is 11.8 Å². The number of nitrogens with one attached hydrogen (secondary N) is 2. The van der Waals surface area contributed by atoms with Crippen molar-refractivity contribution in [3.63, 3.8) is 0 Å². The van der Waals surface area contributed by atoms with E-state index in [-0.39, 0.29) is 17.7 Å². The van der Waals surface area contributed by atoms with Gasteiger partial charge in [-0.15, -0.1) is 0 Å². The molecule has 0 saturated carbocycles. The van der Waals surface area contributed by atoms with Crippen molar-refractivity contribution in [1.82, 2.24) is 10.6 Å². The van der Waals surface area contributed by atoms with E-state index in [0.29, 0.717) is 12.2 Å². The molecule has 1 rings (SSSR count). The van der Waals surface area contributed by atoms with Gasteiger partial charge in [0.05, 0.1) is 0 Å². The average Bonchev–Trinajstić information content (AvgIpc) is 2.35. The minimum atomic E-state index is -0.188. The lowest BCUT2D eigenvalue weighted by Gasteiger charge is -2.07. The molecule has 0 aromatic heterocycles. The summed E-state index contributed by atoms with van der Waals surface area (Å²) in [6.45, 7) is 5.94. The summed E-state index contributed by atoms with van der Waals surface area (Å²) in [4.78, 5) is 22.4. The molecule has 0 aromatic rings. The van der Waals surface area contributed by atoms with Crippen LogP contribution in [0, 0.1) is 5.92 Å². The monoisotopic (exact) mass is 182 g/mol. The Bertz CT molecular complexity index is 279. The first-order chi connectivity index (χ1) is 6.02. The van der Waals surface area contributed by atoms with Gasteiger partial charge in [0, 0.05) is 12.5 Å². The quantitative estimate of drug-likeness (QED) is 0.639. The summed E-state index contributed by atoms with van der Waals surface area (Å²) >= 11 is 0. The number of amides is 2. The summed E-state index contributed by atoms with van der Waals surface area (Å²) in [6.07, 6.45) is 0. The van der Waals surface area contributed by atoms with Gasteiger partial charge in [-0.1, -0.05) is 13.8 Å². The van der Waals surface area contributed by atoms with E-state index in [4.69, 9.17) is 0 Å². The van der Waals surface area contributed by atoms with Crippen molar-refractivity contribution in [3.05, 3.63) is 11.3 Å². The SMILES string of the molecule is CC1=C(NC(=O)C(C)C)C(=O)NC1. The number of carbonyl (C=O) groups is 2. The fourth-order valence-corrected chi connectivity index (χ4v) is 1.01. The van der Waals surface area contributed by atoms with Crippen molar-refractivity contribution in [3.8, 4) is 0 Å². The van der Waals surface area contributed by atoms with Crippen LogP contribution in [0.2, 0.25) is 0 Å². The maximum atomic E-state index is 11.3. The molecule has 0 spiro atoms. The molecule has 13 heavy (non-hydrogen) atoms. The minimum Gasteiger partial charge on any atom is -0.347 e. The van der Waals surface area contributed by atoms with E-state index in [0.717, 1.165) is 5.57 Å². The van der Waals surface area contributed by atoms with E-state index >= 15 is 0 Å². The van der Waals surface area contributed by atoms with Crippen LogP contribution >= 0.6 is 0 Å². The van der Waals surface area contributed by atoms with Crippen molar-refractivity contribution in [1.29, 1.82) is 0 Å². The van der Waals surface area contributed by atoms with Gasteiger partial charge >= 0.3 is 0 Å². The predicted molar refractivity (Wildman–Crippen MR) is 48.7 cm³/mol. The molecule has 2 N–H and O–H groups in total. The number of hydrogen-bond acceptors (Lipinski definition) is 2. The summed E-state index contributed by atoms with van der Waals surface area (Å²) in [5.41, 5.74) is 1.30. The van der Waals surface area contributed by atoms with E-state index in [9.17, 15) is 9.59 Å². The zero-order valence-electron chi connectivity index (χ0n) is 8.10. The highest BCUT2D eigenvalue weighted by atomic mass is 16.2. The molecule has 4 nitrogen and oxygen atoms in total. The minimum absolute atomic E-state index is 0.103. The molecule has 0 saturated heterocycles. The van der Waals surface area contributed by atoms with Crippen LogP contribution in [0.15, 0.2) is 11.3 Å². The molecule has 0 unspecified atom stereocenters. The van der Waals surface area contributed by atoms with E-state index in [1.54, 1.807) is 13.8 Å². The molecule has 0 aromatic carbocycles. The number of hydrogen-bond donors (Lipinski definition) is 2. The Kier molecular flexibility index (Phi) is 2.70. The van der Waals surface area contributed by atoms with Crippen LogP contribution in [0.5, 0.6) is 0 Å². The fraction of sp³-hybridized carbons (Fsp3) is 0.556. The lowest BCUT2D eigenvalue weighted by atomic mass is 10.2. The highest BCUT2D eigenvalue weighted by Crippen LogP contribution is 2.07. The third kappa shape index (κ3) is 2.08. The Morgan fingerprint density at radius 2 is 2.15 bits per heavy atom. The second kappa shape index (κ2) is 3.60. The Balaban J connectivity index is 2.68. The molecular weight excluding hydrogens is 168 g/mol. The Hall–Kier alpha value is -1.32. The van der Waals surface area contributed by atoms with E-state index in [1.807, 2.05) is 6.92 Å². The number of carbonyl (C=O) groups excluding carboxylic acids is 2. The van der Waals surface area contributed by atoms with Crippen LogP contribution in [0.1, 0.15) is 20.8 Å². The maximum absolute atomic E-state index is 11.3. The first-order valence-corrected chi connectivity index (χ1v) is 4.31. The third-order valence-corrected chi connectivity index (χ3v) is 1.94. The second-order valence-electron chi connectivity index (χ2n) is 3.48. The zero-order chi connectivity index (χ0) is 10.0. The largest absolute Gasteiger partial charge is 0.347 e. The van der Waals surface area contributed by atoms with Crippen molar-refractivity contribution in [2.24, 2.45) is 5.92 Å². The molecule has 1 aliphatic rings. The summed E-state index contributed by atoms with van der Waals surface area (Å²) < 4.78 is 0. The van der Waals surface area contributed by atoms with Gasteiger partial charge in [0.25, 0.3) is 5.91 Å². The third-order valence-electron chi connectivity index (χ3n) is 1.94. The molecule has 2 amide bonds. The second-order valence-corrected chi connectivity index (χ2v) is 3.48. The summed E-state index contributed by atoms with van der Waals surface area (Å²) in [6, 6.07) is 0. The van der Waals surface area contributed by atoms with Crippen LogP contribution in [-0.4, -0.2) is 18.4 Å². The highest BCUT2D eigenvalue weighted by molar-refractivity contribution is 6.00.